The van der Waals surface area contributed by atoms with E-state index in [0.29, 0.717) is 15.6 Å². The Bertz CT molecular complexity index is 839. The van der Waals surface area contributed by atoms with E-state index in [-0.39, 0.29) is 18.5 Å². The zero-order valence-electron chi connectivity index (χ0n) is 11.6. The Morgan fingerprint density at radius 3 is 2.65 bits per heavy atom. The molecule has 0 saturated carbocycles. The van der Waals surface area contributed by atoms with Crippen molar-refractivity contribution >= 4 is 35.3 Å². The van der Waals surface area contributed by atoms with Crippen LogP contribution in [-0.2, 0) is 11.2 Å². The Morgan fingerprint density at radius 2 is 2.00 bits per heavy atom. The van der Waals surface area contributed by atoms with Gasteiger partial charge in [-0.15, -0.1) is 0 Å². The number of aromatic nitrogens is 3. The average molecular weight is 356 g/mol. The van der Waals surface area contributed by atoms with Gasteiger partial charge in [0.05, 0.1) is 16.3 Å². The molecule has 0 saturated heterocycles. The molecule has 0 fully saturated rings. The van der Waals surface area contributed by atoms with Crippen LogP contribution in [0.15, 0.2) is 32.9 Å². The van der Waals surface area contributed by atoms with Crippen LogP contribution < -0.4 is 16.7 Å². The SMILES string of the molecule is O=C(CCc1n[nH]c(=O)[nH]c1=O)N/N=C/c1c(Cl)cccc1Cl. The molecule has 0 bridgehead atoms. The lowest BCUT2D eigenvalue weighted by Crippen LogP contribution is -2.28. The summed E-state index contributed by atoms with van der Waals surface area (Å²) in [4.78, 5) is 35.9. The first-order valence-electron chi connectivity index (χ1n) is 6.41. The van der Waals surface area contributed by atoms with E-state index < -0.39 is 17.2 Å². The zero-order valence-corrected chi connectivity index (χ0v) is 13.1. The lowest BCUT2D eigenvalue weighted by Gasteiger charge is -2.01. The van der Waals surface area contributed by atoms with E-state index in [2.05, 4.69) is 20.7 Å². The number of hydrogen-bond acceptors (Lipinski definition) is 5. The number of benzene rings is 1. The summed E-state index contributed by atoms with van der Waals surface area (Å²) in [6.07, 6.45) is 1.35. The molecule has 120 valence electrons. The highest BCUT2D eigenvalue weighted by atomic mass is 35.5. The summed E-state index contributed by atoms with van der Waals surface area (Å²) in [5.41, 5.74) is 1.49. The molecular formula is C13H11Cl2N5O3. The van der Waals surface area contributed by atoms with Crippen LogP contribution in [0, 0.1) is 0 Å². The number of aryl methyl sites for hydroxylation is 1. The van der Waals surface area contributed by atoms with Gasteiger partial charge in [-0.05, 0) is 12.1 Å². The summed E-state index contributed by atoms with van der Waals surface area (Å²) >= 11 is 11.9. The van der Waals surface area contributed by atoms with Crippen molar-refractivity contribution in [1.29, 1.82) is 0 Å². The molecule has 0 unspecified atom stereocenters. The Kier molecular flexibility index (Phi) is 5.67. The summed E-state index contributed by atoms with van der Waals surface area (Å²) in [7, 11) is 0. The molecule has 0 atom stereocenters. The normalized spacial score (nSPS) is 10.9. The van der Waals surface area contributed by atoms with Gasteiger partial charge in [-0.2, -0.15) is 10.2 Å². The van der Waals surface area contributed by atoms with Crippen LogP contribution in [0.3, 0.4) is 0 Å². The summed E-state index contributed by atoms with van der Waals surface area (Å²) in [6, 6.07) is 4.98. The molecule has 10 heteroatoms. The van der Waals surface area contributed by atoms with Crippen molar-refractivity contribution in [3.63, 3.8) is 0 Å². The van der Waals surface area contributed by atoms with Gasteiger partial charge in [-0.25, -0.2) is 15.3 Å². The molecule has 2 rings (SSSR count). The first kappa shape index (κ1) is 16.9. The van der Waals surface area contributed by atoms with E-state index in [1.807, 2.05) is 4.98 Å². The number of nitrogens with zero attached hydrogens (tertiary/aromatic N) is 2. The maximum absolute atomic E-state index is 11.7. The molecule has 0 aliphatic heterocycles. The minimum atomic E-state index is -0.704. The molecule has 1 amide bonds. The largest absolute Gasteiger partial charge is 0.342 e. The van der Waals surface area contributed by atoms with E-state index in [1.54, 1.807) is 18.2 Å². The molecular weight excluding hydrogens is 345 g/mol. The third kappa shape index (κ3) is 4.76. The van der Waals surface area contributed by atoms with Crippen molar-refractivity contribution in [2.45, 2.75) is 12.8 Å². The number of carbonyl (C=O) groups excluding carboxylic acids is 1. The monoisotopic (exact) mass is 355 g/mol. The van der Waals surface area contributed by atoms with Gasteiger partial charge in [-0.1, -0.05) is 29.3 Å². The third-order valence-electron chi connectivity index (χ3n) is 2.75. The number of hydrogen-bond donors (Lipinski definition) is 3. The van der Waals surface area contributed by atoms with Gasteiger partial charge in [0.2, 0.25) is 5.91 Å². The van der Waals surface area contributed by atoms with Gasteiger partial charge in [0.1, 0.15) is 5.69 Å². The number of carbonyl (C=O) groups is 1. The van der Waals surface area contributed by atoms with Crippen LogP contribution in [0.5, 0.6) is 0 Å². The van der Waals surface area contributed by atoms with Gasteiger partial charge in [0.15, 0.2) is 0 Å². The Labute approximate surface area is 139 Å². The Hall–Kier alpha value is -2.45. The molecule has 0 aliphatic rings. The standard InChI is InChI=1S/C13H11Cl2N5O3/c14-8-2-1-3-9(15)7(8)6-16-19-11(21)5-4-10-12(22)17-13(23)20-18-10/h1-3,6H,4-5H2,(H,19,21)(H2,17,20,22,23)/b16-6+. The van der Waals surface area contributed by atoms with Crippen LogP contribution in [0.2, 0.25) is 10.0 Å². The maximum atomic E-state index is 11.7. The molecule has 1 aromatic carbocycles. The van der Waals surface area contributed by atoms with E-state index in [1.165, 1.54) is 6.21 Å². The zero-order chi connectivity index (χ0) is 16.8. The predicted molar refractivity (Wildman–Crippen MR) is 86.0 cm³/mol. The van der Waals surface area contributed by atoms with Crippen molar-refractivity contribution in [3.8, 4) is 0 Å². The maximum Gasteiger partial charge on any atom is 0.342 e. The van der Waals surface area contributed by atoms with Crippen LogP contribution in [-0.4, -0.2) is 27.3 Å². The number of amides is 1. The lowest BCUT2D eigenvalue weighted by atomic mass is 10.2. The summed E-state index contributed by atoms with van der Waals surface area (Å²) in [6.45, 7) is 0. The smallest absolute Gasteiger partial charge is 0.273 e. The van der Waals surface area contributed by atoms with Gasteiger partial charge in [0, 0.05) is 18.4 Å². The molecule has 2 aromatic rings. The van der Waals surface area contributed by atoms with Gasteiger partial charge in [-0.3, -0.25) is 14.6 Å². The van der Waals surface area contributed by atoms with E-state index >= 15 is 0 Å². The predicted octanol–water partition coefficient (Wildman–Crippen LogP) is 0.848. The third-order valence-corrected chi connectivity index (χ3v) is 3.41. The lowest BCUT2D eigenvalue weighted by molar-refractivity contribution is -0.121. The summed E-state index contributed by atoms with van der Waals surface area (Å²) in [5, 5.41) is 10.2. The summed E-state index contributed by atoms with van der Waals surface area (Å²) in [5.74, 6) is -0.433. The molecule has 0 radical (unpaired) electrons. The molecule has 0 aliphatic carbocycles. The van der Waals surface area contributed by atoms with Gasteiger partial charge < -0.3 is 0 Å². The van der Waals surface area contributed by atoms with Crippen molar-refractivity contribution in [3.05, 3.63) is 60.3 Å². The Morgan fingerprint density at radius 1 is 1.30 bits per heavy atom. The molecule has 0 spiro atoms. The molecule has 23 heavy (non-hydrogen) atoms. The number of aromatic amines is 2. The van der Waals surface area contributed by atoms with Crippen LogP contribution in [0.25, 0.3) is 0 Å². The number of halogens is 2. The van der Waals surface area contributed by atoms with E-state index in [0.717, 1.165) is 0 Å². The second kappa shape index (κ2) is 7.70. The minimum absolute atomic E-state index is 0.0320. The highest BCUT2D eigenvalue weighted by Crippen LogP contribution is 2.21. The fourth-order valence-electron chi connectivity index (χ4n) is 1.63. The van der Waals surface area contributed by atoms with Crippen LogP contribution in [0.1, 0.15) is 17.7 Å². The van der Waals surface area contributed by atoms with Crippen LogP contribution >= 0.6 is 23.2 Å². The van der Waals surface area contributed by atoms with Crippen molar-refractivity contribution in [1.82, 2.24) is 20.6 Å². The molecule has 3 N–H and O–H groups in total. The van der Waals surface area contributed by atoms with E-state index in [9.17, 15) is 14.4 Å². The topological polar surface area (TPSA) is 120 Å². The number of nitrogens with one attached hydrogen (secondary N) is 3. The molecule has 1 heterocycles. The highest BCUT2D eigenvalue weighted by Gasteiger charge is 2.07. The molecule has 8 nitrogen and oxygen atoms in total. The molecule has 1 aromatic heterocycles. The second-order valence-corrected chi connectivity index (χ2v) is 5.20. The average Bonchev–Trinajstić information content (AvgIpc) is 2.49. The number of H-pyrrole nitrogens is 2. The minimum Gasteiger partial charge on any atom is -0.273 e. The fourth-order valence-corrected chi connectivity index (χ4v) is 2.13. The quantitative estimate of drug-likeness (QED) is 0.543. The summed E-state index contributed by atoms with van der Waals surface area (Å²) < 4.78 is 0. The Balaban J connectivity index is 1.91. The second-order valence-electron chi connectivity index (χ2n) is 4.38. The van der Waals surface area contributed by atoms with Crippen molar-refractivity contribution in [2.75, 3.05) is 0 Å². The number of rotatable bonds is 5. The first-order chi connectivity index (χ1) is 11.0. The van der Waals surface area contributed by atoms with Crippen molar-refractivity contribution in [2.24, 2.45) is 5.10 Å². The van der Waals surface area contributed by atoms with Crippen LogP contribution in [0.4, 0.5) is 0 Å². The van der Waals surface area contributed by atoms with Crippen molar-refractivity contribution < 1.29 is 4.79 Å². The first-order valence-corrected chi connectivity index (χ1v) is 7.17. The van der Waals surface area contributed by atoms with Gasteiger partial charge in [0.25, 0.3) is 5.56 Å². The number of hydrazone groups is 1. The van der Waals surface area contributed by atoms with Gasteiger partial charge >= 0.3 is 5.69 Å². The highest BCUT2D eigenvalue weighted by molar-refractivity contribution is 6.38. The fraction of sp³-hybridized carbons (Fsp3) is 0.154. The van der Waals surface area contributed by atoms with E-state index in [4.69, 9.17) is 23.2 Å².